The fraction of sp³-hybridized carbons (Fsp3) is 0.500. The molecule has 0 bridgehead atoms. The highest BCUT2D eigenvalue weighted by molar-refractivity contribution is 7.11. The van der Waals surface area contributed by atoms with Gasteiger partial charge < -0.3 is 4.90 Å². The van der Waals surface area contributed by atoms with Gasteiger partial charge in [0.05, 0.1) is 17.8 Å². The maximum Gasteiger partial charge on any atom is 0.266 e. The average molecular weight is 221 g/mol. The second kappa shape index (κ2) is 4.41. The molecule has 1 unspecified atom stereocenters. The molecule has 1 saturated heterocycles. The molecule has 1 aliphatic heterocycles. The summed E-state index contributed by atoms with van der Waals surface area (Å²) in [7, 11) is 0. The normalized spacial score (nSPS) is 21.0. The minimum Gasteiger partial charge on any atom is -0.322 e. The summed E-state index contributed by atoms with van der Waals surface area (Å²) in [5, 5.41) is 8.95. The van der Waals surface area contributed by atoms with Gasteiger partial charge in [0.15, 0.2) is 0 Å². The molecule has 2 heterocycles. The zero-order valence-electron chi connectivity index (χ0n) is 8.22. The van der Waals surface area contributed by atoms with E-state index in [4.69, 9.17) is 5.26 Å². The first-order chi connectivity index (χ1) is 7.33. The van der Waals surface area contributed by atoms with Crippen molar-refractivity contribution in [2.75, 3.05) is 6.54 Å². The van der Waals surface area contributed by atoms with Crippen LogP contribution in [-0.2, 0) is 0 Å². The Morgan fingerprint density at radius 3 is 3.20 bits per heavy atom. The van der Waals surface area contributed by atoms with Gasteiger partial charge in [0.2, 0.25) is 0 Å². The number of hydrogen-bond acceptors (Lipinski definition) is 4. The molecule has 1 atom stereocenters. The largest absolute Gasteiger partial charge is 0.322 e. The van der Waals surface area contributed by atoms with Crippen LogP contribution in [-0.4, -0.2) is 28.4 Å². The monoisotopic (exact) mass is 221 g/mol. The summed E-state index contributed by atoms with van der Waals surface area (Å²) >= 11 is 1.33. The molecule has 0 aliphatic carbocycles. The molecule has 0 radical (unpaired) electrons. The van der Waals surface area contributed by atoms with E-state index in [0.29, 0.717) is 11.4 Å². The first kappa shape index (κ1) is 10.1. The van der Waals surface area contributed by atoms with Crippen molar-refractivity contribution in [1.82, 2.24) is 9.88 Å². The number of nitriles is 1. The number of aromatic nitrogens is 1. The molecule has 0 N–H and O–H groups in total. The summed E-state index contributed by atoms with van der Waals surface area (Å²) in [5.74, 6) is -0.0521. The highest BCUT2D eigenvalue weighted by Gasteiger charge is 2.27. The molecule has 1 amide bonds. The standard InChI is InChI=1S/C10H11N3OS/c11-5-8-3-1-2-4-13(8)10(14)9-6-12-7-15-9/h6-8H,1-4H2. The van der Waals surface area contributed by atoms with Crippen molar-refractivity contribution in [1.29, 1.82) is 5.26 Å². The third kappa shape index (κ3) is 2.00. The van der Waals surface area contributed by atoms with E-state index in [9.17, 15) is 4.79 Å². The van der Waals surface area contributed by atoms with Crippen molar-refractivity contribution in [2.24, 2.45) is 0 Å². The highest BCUT2D eigenvalue weighted by atomic mass is 32.1. The maximum atomic E-state index is 12.0. The maximum absolute atomic E-state index is 12.0. The zero-order valence-corrected chi connectivity index (χ0v) is 9.04. The average Bonchev–Trinajstić information content (AvgIpc) is 2.81. The molecular weight excluding hydrogens is 210 g/mol. The van der Waals surface area contributed by atoms with Crippen LogP contribution in [0.5, 0.6) is 0 Å². The van der Waals surface area contributed by atoms with Crippen molar-refractivity contribution >= 4 is 17.2 Å². The van der Waals surface area contributed by atoms with Gasteiger partial charge in [-0.3, -0.25) is 9.78 Å². The van der Waals surface area contributed by atoms with Crippen LogP contribution in [0, 0.1) is 11.3 Å². The number of amides is 1. The predicted molar refractivity (Wildman–Crippen MR) is 56.4 cm³/mol. The Bertz CT molecular complexity index is 382. The van der Waals surface area contributed by atoms with E-state index in [2.05, 4.69) is 11.1 Å². The van der Waals surface area contributed by atoms with Crippen LogP contribution in [0.15, 0.2) is 11.7 Å². The van der Waals surface area contributed by atoms with Gasteiger partial charge in [0.25, 0.3) is 5.91 Å². The number of carbonyl (C=O) groups is 1. The minimum absolute atomic E-state index is 0.0521. The van der Waals surface area contributed by atoms with Gasteiger partial charge in [-0.25, -0.2) is 0 Å². The zero-order chi connectivity index (χ0) is 10.7. The Balaban J connectivity index is 2.15. The van der Waals surface area contributed by atoms with Gasteiger partial charge in [-0.05, 0) is 19.3 Å². The first-order valence-electron chi connectivity index (χ1n) is 4.92. The number of thiazole rings is 1. The highest BCUT2D eigenvalue weighted by Crippen LogP contribution is 2.20. The molecule has 15 heavy (non-hydrogen) atoms. The van der Waals surface area contributed by atoms with E-state index in [1.54, 1.807) is 16.6 Å². The molecule has 1 aromatic rings. The van der Waals surface area contributed by atoms with Gasteiger partial charge in [-0.15, -0.1) is 11.3 Å². The van der Waals surface area contributed by atoms with Gasteiger partial charge in [0, 0.05) is 6.54 Å². The predicted octanol–water partition coefficient (Wildman–Crippen LogP) is 1.66. The lowest BCUT2D eigenvalue weighted by Gasteiger charge is -2.30. The van der Waals surface area contributed by atoms with E-state index < -0.39 is 0 Å². The Labute approximate surface area is 92.2 Å². The molecule has 1 aromatic heterocycles. The van der Waals surface area contributed by atoms with E-state index in [0.717, 1.165) is 19.3 Å². The quantitative estimate of drug-likeness (QED) is 0.724. The molecule has 78 valence electrons. The van der Waals surface area contributed by atoms with Crippen LogP contribution < -0.4 is 0 Å². The van der Waals surface area contributed by atoms with E-state index >= 15 is 0 Å². The second-order valence-corrected chi connectivity index (χ2v) is 4.39. The van der Waals surface area contributed by atoms with E-state index in [1.807, 2.05) is 0 Å². The van der Waals surface area contributed by atoms with Crippen LogP contribution in [0.2, 0.25) is 0 Å². The van der Waals surface area contributed by atoms with Crippen LogP contribution in [0.25, 0.3) is 0 Å². The number of hydrogen-bond donors (Lipinski definition) is 0. The number of piperidine rings is 1. The topological polar surface area (TPSA) is 57.0 Å². The Kier molecular flexibility index (Phi) is 2.97. The van der Waals surface area contributed by atoms with Gasteiger partial charge >= 0.3 is 0 Å². The summed E-state index contributed by atoms with van der Waals surface area (Å²) in [6.45, 7) is 0.689. The lowest BCUT2D eigenvalue weighted by molar-refractivity contribution is 0.0675. The molecule has 0 spiro atoms. The van der Waals surface area contributed by atoms with E-state index in [-0.39, 0.29) is 11.9 Å². The van der Waals surface area contributed by atoms with Crippen LogP contribution in [0.1, 0.15) is 28.9 Å². The summed E-state index contributed by atoms with van der Waals surface area (Å²) in [4.78, 5) is 18.1. The van der Waals surface area contributed by atoms with Crippen LogP contribution >= 0.6 is 11.3 Å². The molecule has 5 heteroatoms. The molecule has 4 nitrogen and oxygen atoms in total. The van der Waals surface area contributed by atoms with Crippen LogP contribution in [0.4, 0.5) is 0 Å². The van der Waals surface area contributed by atoms with Gasteiger partial charge in [0.1, 0.15) is 10.9 Å². The van der Waals surface area contributed by atoms with Crippen molar-refractivity contribution in [3.8, 4) is 6.07 Å². The summed E-state index contributed by atoms with van der Waals surface area (Å²) in [6.07, 6.45) is 4.38. The number of likely N-dealkylation sites (tertiary alicyclic amines) is 1. The summed E-state index contributed by atoms with van der Waals surface area (Å²) in [6, 6.07) is 1.93. The lowest BCUT2D eigenvalue weighted by atomic mass is 10.0. The minimum atomic E-state index is -0.256. The second-order valence-electron chi connectivity index (χ2n) is 3.50. The molecule has 1 aliphatic rings. The van der Waals surface area contributed by atoms with Crippen LogP contribution in [0.3, 0.4) is 0 Å². The van der Waals surface area contributed by atoms with E-state index in [1.165, 1.54) is 11.3 Å². The SMILES string of the molecule is N#CC1CCCCN1C(=O)c1cncs1. The summed E-state index contributed by atoms with van der Waals surface area (Å²) < 4.78 is 0. The third-order valence-electron chi connectivity index (χ3n) is 2.56. The third-order valence-corrected chi connectivity index (χ3v) is 3.32. The van der Waals surface area contributed by atoms with Gasteiger partial charge in [-0.2, -0.15) is 5.26 Å². The smallest absolute Gasteiger partial charge is 0.266 e. The molecule has 1 fully saturated rings. The molecule has 0 saturated carbocycles. The van der Waals surface area contributed by atoms with Crippen molar-refractivity contribution in [3.63, 3.8) is 0 Å². The number of nitrogens with zero attached hydrogens (tertiary/aromatic N) is 3. The van der Waals surface area contributed by atoms with Gasteiger partial charge in [-0.1, -0.05) is 0 Å². The molecule has 2 rings (SSSR count). The summed E-state index contributed by atoms with van der Waals surface area (Å²) in [5.41, 5.74) is 1.64. The van der Waals surface area contributed by atoms with Crippen molar-refractivity contribution < 1.29 is 4.79 Å². The van der Waals surface area contributed by atoms with Crippen molar-refractivity contribution in [3.05, 3.63) is 16.6 Å². The molecule has 0 aromatic carbocycles. The Morgan fingerprint density at radius 2 is 2.53 bits per heavy atom. The fourth-order valence-corrected chi connectivity index (χ4v) is 2.35. The van der Waals surface area contributed by atoms with Crippen molar-refractivity contribution in [2.45, 2.75) is 25.3 Å². The number of rotatable bonds is 1. The lowest BCUT2D eigenvalue weighted by Crippen LogP contribution is -2.42. The Morgan fingerprint density at radius 1 is 1.67 bits per heavy atom. The fourth-order valence-electron chi connectivity index (χ4n) is 1.77. The first-order valence-corrected chi connectivity index (χ1v) is 5.80. The number of carbonyl (C=O) groups excluding carboxylic acids is 1. The molecular formula is C10H11N3OS. The Hall–Kier alpha value is -1.41.